The van der Waals surface area contributed by atoms with Gasteiger partial charge in [0.1, 0.15) is 6.61 Å². The smallest absolute Gasteiger partial charge is 0.107 e. The maximum atomic E-state index is 10.1. The Morgan fingerprint density at radius 3 is 3.09 bits per heavy atom. The summed E-state index contributed by atoms with van der Waals surface area (Å²) in [4.78, 5) is 4.88. The maximum Gasteiger partial charge on any atom is 0.107 e. The first-order chi connectivity index (χ1) is 10.7. The third kappa shape index (κ3) is 6.07. The number of thiophene rings is 1. The van der Waals surface area contributed by atoms with Gasteiger partial charge < -0.3 is 14.6 Å². The lowest BCUT2D eigenvalue weighted by Crippen LogP contribution is -2.39. The molecule has 0 amide bonds. The van der Waals surface area contributed by atoms with Crippen molar-refractivity contribution in [2.45, 2.75) is 38.5 Å². The molecule has 1 aliphatic heterocycles. The molecule has 0 bridgehead atoms. The van der Waals surface area contributed by atoms with Crippen molar-refractivity contribution < 1.29 is 14.6 Å². The van der Waals surface area contributed by atoms with Crippen LogP contribution >= 0.6 is 11.3 Å². The van der Waals surface area contributed by atoms with Crippen LogP contribution in [0.4, 0.5) is 0 Å². The van der Waals surface area contributed by atoms with Crippen molar-refractivity contribution >= 4 is 11.3 Å². The lowest BCUT2D eigenvalue weighted by molar-refractivity contribution is 0.00982. The first-order valence-corrected chi connectivity index (χ1v) is 8.57. The lowest BCUT2D eigenvalue weighted by atomic mass is 10.2. The fourth-order valence-corrected chi connectivity index (χ4v) is 3.61. The van der Waals surface area contributed by atoms with Crippen LogP contribution in [-0.2, 0) is 16.0 Å². The second kappa shape index (κ2) is 9.29. The van der Waals surface area contributed by atoms with E-state index in [1.54, 1.807) is 11.3 Å². The molecule has 22 heavy (non-hydrogen) atoms. The number of rotatable bonds is 9. The average Bonchev–Trinajstić information content (AvgIpc) is 3.11. The molecule has 1 saturated heterocycles. The first kappa shape index (κ1) is 17.5. The number of hydrogen-bond donors (Lipinski definition) is 1. The van der Waals surface area contributed by atoms with E-state index in [0.717, 1.165) is 32.5 Å². The summed E-state index contributed by atoms with van der Waals surface area (Å²) in [5, 5.41) is 10.1. The van der Waals surface area contributed by atoms with Crippen molar-refractivity contribution in [1.82, 2.24) is 4.90 Å². The zero-order valence-electron chi connectivity index (χ0n) is 13.2. The van der Waals surface area contributed by atoms with Gasteiger partial charge in [-0.2, -0.15) is 0 Å². The van der Waals surface area contributed by atoms with E-state index in [9.17, 15) is 5.11 Å². The van der Waals surface area contributed by atoms with E-state index in [1.807, 2.05) is 0 Å². The topological polar surface area (TPSA) is 41.9 Å². The number of aliphatic hydroxyl groups is 1. The molecule has 0 aliphatic carbocycles. The minimum Gasteiger partial charge on any atom is -0.389 e. The summed E-state index contributed by atoms with van der Waals surface area (Å²) in [5.41, 5.74) is 0. The van der Waals surface area contributed by atoms with Crippen LogP contribution in [0.5, 0.6) is 0 Å². The van der Waals surface area contributed by atoms with Crippen molar-refractivity contribution in [3.8, 4) is 12.3 Å². The minimum absolute atomic E-state index is 0.243. The average molecular weight is 323 g/mol. The molecule has 2 rings (SSSR count). The predicted octanol–water partition coefficient (Wildman–Crippen LogP) is 2.05. The van der Waals surface area contributed by atoms with Crippen LogP contribution in [0.15, 0.2) is 12.1 Å². The first-order valence-electron chi connectivity index (χ1n) is 7.76. The minimum atomic E-state index is -0.532. The Balaban J connectivity index is 1.87. The van der Waals surface area contributed by atoms with Crippen molar-refractivity contribution in [3.63, 3.8) is 0 Å². The molecule has 5 heteroatoms. The Hall–Kier alpha value is -0.900. The van der Waals surface area contributed by atoms with Crippen LogP contribution in [0, 0.1) is 19.3 Å². The van der Waals surface area contributed by atoms with Gasteiger partial charge in [0, 0.05) is 36.0 Å². The Kier molecular flexibility index (Phi) is 7.37. The summed E-state index contributed by atoms with van der Waals surface area (Å²) >= 11 is 1.80. The van der Waals surface area contributed by atoms with E-state index in [1.165, 1.54) is 9.75 Å². The van der Waals surface area contributed by atoms with Gasteiger partial charge in [0.05, 0.1) is 18.8 Å². The van der Waals surface area contributed by atoms with Crippen LogP contribution < -0.4 is 0 Å². The summed E-state index contributed by atoms with van der Waals surface area (Å²) in [7, 11) is 0. The van der Waals surface area contributed by atoms with Crippen molar-refractivity contribution in [3.05, 3.63) is 21.9 Å². The lowest BCUT2D eigenvalue weighted by Gasteiger charge is -2.26. The van der Waals surface area contributed by atoms with Crippen LogP contribution in [-0.4, -0.2) is 55.1 Å². The molecule has 4 nitrogen and oxygen atoms in total. The van der Waals surface area contributed by atoms with E-state index in [-0.39, 0.29) is 19.3 Å². The van der Waals surface area contributed by atoms with E-state index in [2.05, 4.69) is 29.9 Å². The number of terminal acetylenes is 1. The summed E-state index contributed by atoms with van der Waals surface area (Å²) in [6.07, 6.45) is 7.12. The molecule has 1 aromatic heterocycles. The zero-order chi connectivity index (χ0) is 15.8. The van der Waals surface area contributed by atoms with Gasteiger partial charge in [0.2, 0.25) is 0 Å². The normalized spacial score (nSPS) is 19.5. The van der Waals surface area contributed by atoms with E-state index in [4.69, 9.17) is 15.9 Å². The van der Waals surface area contributed by atoms with Gasteiger partial charge in [0.25, 0.3) is 0 Å². The van der Waals surface area contributed by atoms with Crippen LogP contribution in [0.2, 0.25) is 0 Å². The molecule has 0 spiro atoms. The zero-order valence-corrected chi connectivity index (χ0v) is 14.0. The Bertz CT molecular complexity index is 476. The Morgan fingerprint density at radius 1 is 1.59 bits per heavy atom. The van der Waals surface area contributed by atoms with Gasteiger partial charge in [-0.3, -0.25) is 4.90 Å². The molecule has 1 aromatic rings. The Morgan fingerprint density at radius 2 is 2.45 bits per heavy atom. The number of aryl methyl sites for hydroxylation is 1. The Labute approximate surface area is 137 Å². The summed E-state index contributed by atoms with van der Waals surface area (Å²) in [5.74, 6) is 2.41. The highest BCUT2D eigenvalue weighted by molar-refractivity contribution is 7.11. The van der Waals surface area contributed by atoms with Gasteiger partial charge in [-0.25, -0.2) is 0 Å². The number of aliphatic hydroxyl groups excluding tert-OH is 1. The molecule has 2 atom stereocenters. The fraction of sp³-hybridized carbons (Fsp3) is 0.647. The van der Waals surface area contributed by atoms with Gasteiger partial charge in [-0.15, -0.1) is 17.8 Å². The van der Waals surface area contributed by atoms with Crippen LogP contribution in [0.1, 0.15) is 22.6 Å². The molecule has 0 radical (unpaired) electrons. The number of nitrogens with zero attached hydrogens (tertiary/aromatic N) is 1. The number of ether oxygens (including phenoxy) is 2. The summed E-state index contributed by atoms with van der Waals surface area (Å²) < 4.78 is 11.0. The molecule has 0 unspecified atom stereocenters. The number of hydrogen-bond acceptors (Lipinski definition) is 5. The molecule has 1 aliphatic rings. The molecule has 0 saturated carbocycles. The highest BCUT2D eigenvalue weighted by atomic mass is 32.1. The largest absolute Gasteiger partial charge is 0.389 e. The second-order valence-corrected chi connectivity index (χ2v) is 7.09. The summed E-state index contributed by atoms with van der Waals surface area (Å²) in [6, 6.07) is 4.29. The van der Waals surface area contributed by atoms with Gasteiger partial charge in [-0.1, -0.05) is 5.92 Å². The van der Waals surface area contributed by atoms with E-state index < -0.39 is 6.10 Å². The molecule has 2 heterocycles. The van der Waals surface area contributed by atoms with Crippen molar-refractivity contribution in [2.24, 2.45) is 0 Å². The van der Waals surface area contributed by atoms with Crippen molar-refractivity contribution in [2.75, 3.05) is 32.9 Å². The highest BCUT2D eigenvalue weighted by Gasteiger charge is 2.21. The van der Waals surface area contributed by atoms with Crippen LogP contribution in [0.3, 0.4) is 0 Å². The van der Waals surface area contributed by atoms with E-state index in [0.29, 0.717) is 6.54 Å². The quantitative estimate of drug-likeness (QED) is 0.558. The molecule has 1 fully saturated rings. The molecular weight excluding hydrogens is 298 g/mol. The maximum absolute atomic E-state index is 10.1. The standard InChI is InChI=1S/C17H25NO3S/c1-3-8-20-13-15(19)10-18(11-16-5-4-9-21-16)12-17-7-6-14(2)22-17/h1,6-7,15-16,19H,4-5,8-13H2,2H3/t15-,16+/m1/s1. The van der Waals surface area contributed by atoms with Gasteiger partial charge >= 0.3 is 0 Å². The summed E-state index contributed by atoms with van der Waals surface area (Å²) in [6.45, 7) is 5.74. The van der Waals surface area contributed by atoms with Gasteiger partial charge in [0.15, 0.2) is 0 Å². The molecule has 1 N–H and O–H groups in total. The fourth-order valence-electron chi connectivity index (χ4n) is 2.68. The molecule has 0 aromatic carbocycles. The highest BCUT2D eigenvalue weighted by Crippen LogP contribution is 2.19. The SMILES string of the molecule is C#CCOC[C@H](O)CN(Cc1ccc(C)s1)C[C@@H]1CCCO1. The van der Waals surface area contributed by atoms with Crippen molar-refractivity contribution in [1.29, 1.82) is 0 Å². The van der Waals surface area contributed by atoms with Crippen LogP contribution in [0.25, 0.3) is 0 Å². The predicted molar refractivity (Wildman–Crippen MR) is 89.0 cm³/mol. The second-order valence-electron chi connectivity index (χ2n) is 5.71. The molecular formula is C17H25NO3S. The third-order valence-corrected chi connectivity index (χ3v) is 4.61. The van der Waals surface area contributed by atoms with E-state index >= 15 is 0 Å². The monoisotopic (exact) mass is 323 g/mol. The molecule has 122 valence electrons. The van der Waals surface area contributed by atoms with Gasteiger partial charge in [-0.05, 0) is 31.9 Å². The third-order valence-electron chi connectivity index (χ3n) is 3.63.